The predicted octanol–water partition coefficient (Wildman–Crippen LogP) is 2.01. The number of benzene rings is 1. The molecular weight excluding hydrogens is 380 g/mol. The maximum absolute atomic E-state index is 13.1. The van der Waals surface area contributed by atoms with Crippen molar-refractivity contribution >= 4 is 34.0 Å². The van der Waals surface area contributed by atoms with Gasteiger partial charge in [-0.05, 0) is 32.0 Å². The third-order valence-corrected chi connectivity index (χ3v) is 4.80. The highest BCUT2D eigenvalue weighted by Crippen LogP contribution is 2.23. The van der Waals surface area contributed by atoms with Gasteiger partial charge in [0.2, 0.25) is 0 Å². The summed E-state index contributed by atoms with van der Waals surface area (Å²) in [5.74, 6) is 1.13. The monoisotopic (exact) mass is 398 g/mol. The third kappa shape index (κ3) is 3.19. The molecule has 0 aliphatic heterocycles. The maximum Gasteiger partial charge on any atom is 0.262 e. The summed E-state index contributed by atoms with van der Waals surface area (Å²) in [7, 11) is 0. The summed E-state index contributed by atoms with van der Waals surface area (Å²) in [6, 6.07) is 4.94. The number of aromatic nitrogens is 6. The summed E-state index contributed by atoms with van der Waals surface area (Å²) in [6.07, 6.45) is 5.47. The van der Waals surface area contributed by atoms with Gasteiger partial charge in [-0.25, -0.2) is 19.5 Å². The van der Waals surface area contributed by atoms with E-state index in [1.807, 2.05) is 6.92 Å². The second-order valence-corrected chi connectivity index (χ2v) is 6.78. The predicted molar refractivity (Wildman–Crippen MR) is 108 cm³/mol. The largest absolute Gasteiger partial charge is 0.357 e. The fraction of sp³-hybridized carbons (Fsp3) is 0.278. The van der Waals surface area contributed by atoms with Crippen LogP contribution in [0.1, 0.15) is 25.2 Å². The Bertz CT molecular complexity index is 1200. The zero-order chi connectivity index (χ0) is 19.7. The van der Waals surface area contributed by atoms with E-state index in [0.29, 0.717) is 52.7 Å². The van der Waals surface area contributed by atoms with Crippen molar-refractivity contribution < 1.29 is 0 Å². The SMILES string of the molecule is C[C@H](Nc1ncnn2ccnc12)c1nc2cccc(Cl)c2c(=O)n1CCCN. The van der Waals surface area contributed by atoms with Gasteiger partial charge in [0.1, 0.15) is 12.2 Å². The van der Waals surface area contributed by atoms with Crippen LogP contribution in [0.4, 0.5) is 5.82 Å². The Morgan fingerprint density at radius 3 is 3.00 bits per heavy atom. The molecule has 3 aromatic heterocycles. The number of rotatable bonds is 6. The molecule has 4 aromatic rings. The van der Waals surface area contributed by atoms with E-state index in [0.717, 1.165) is 0 Å². The van der Waals surface area contributed by atoms with Gasteiger partial charge >= 0.3 is 0 Å². The van der Waals surface area contributed by atoms with Crippen molar-refractivity contribution in [3.63, 3.8) is 0 Å². The molecule has 9 nitrogen and oxygen atoms in total. The van der Waals surface area contributed by atoms with Gasteiger partial charge in [0, 0.05) is 18.9 Å². The van der Waals surface area contributed by atoms with Crippen molar-refractivity contribution in [2.45, 2.75) is 25.9 Å². The lowest BCUT2D eigenvalue weighted by Gasteiger charge is -2.20. The number of hydrogen-bond donors (Lipinski definition) is 2. The molecule has 0 fully saturated rings. The van der Waals surface area contributed by atoms with Crippen molar-refractivity contribution in [1.82, 2.24) is 29.1 Å². The van der Waals surface area contributed by atoms with E-state index < -0.39 is 0 Å². The number of fused-ring (bicyclic) bond motifs is 2. The van der Waals surface area contributed by atoms with E-state index in [1.165, 1.54) is 6.33 Å². The van der Waals surface area contributed by atoms with Crippen LogP contribution in [-0.2, 0) is 6.54 Å². The van der Waals surface area contributed by atoms with Crippen molar-refractivity contribution in [3.8, 4) is 0 Å². The molecule has 0 aliphatic rings. The molecule has 0 saturated carbocycles. The number of imidazole rings is 1. The standard InChI is InChI=1S/C18H19ClN8O/c1-11(24-15-17-21-7-9-27(17)23-10-22-15)16-25-13-5-2-4-12(19)14(13)18(28)26(16)8-3-6-20/h2,4-5,7,9-11H,3,6,8,20H2,1H3,(H,22,23,24)/t11-/m0/s1. The molecule has 4 rings (SSSR count). The first-order valence-corrected chi connectivity index (χ1v) is 9.28. The maximum atomic E-state index is 13.1. The van der Waals surface area contributed by atoms with Gasteiger partial charge in [-0.15, -0.1) is 0 Å². The molecule has 10 heteroatoms. The van der Waals surface area contributed by atoms with Crippen LogP contribution in [0.3, 0.4) is 0 Å². The van der Waals surface area contributed by atoms with Crippen molar-refractivity contribution in [3.05, 3.63) is 58.1 Å². The van der Waals surface area contributed by atoms with Gasteiger partial charge in [0.15, 0.2) is 11.5 Å². The van der Waals surface area contributed by atoms with E-state index in [1.54, 1.807) is 39.7 Å². The lowest BCUT2D eigenvalue weighted by molar-refractivity contribution is 0.570. The van der Waals surface area contributed by atoms with Gasteiger partial charge in [-0.1, -0.05) is 17.7 Å². The molecular formula is C18H19ClN8O. The first kappa shape index (κ1) is 18.3. The van der Waals surface area contributed by atoms with Crippen LogP contribution in [0.15, 0.2) is 41.7 Å². The zero-order valence-corrected chi connectivity index (χ0v) is 16.0. The number of nitrogens with two attached hydrogens (primary N) is 1. The van der Waals surface area contributed by atoms with Gasteiger partial charge in [-0.3, -0.25) is 9.36 Å². The van der Waals surface area contributed by atoms with Crippen LogP contribution in [0, 0.1) is 0 Å². The molecule has 28 heavy (non-hydrogen) atoms. The number of halogens is 1. The Balaban J connectivity index is 1.82. The van der Waals surface area contributed by atoms with Crippen molar-refractivity contribution in [2.75, 3.05) is 11.9 Å². The molecule has 0 unspecified atom stereocenters. The first-order valence-electron chi connectivity index (χ1n) is 8.90. The molecule has 144 valence electrons. The molecule has 0 amide bonds. The number of anilines is 1. The highest BCUT2D eigenvalue weighted by Gasteiger charge is 2.19. The smallest absolute Gasteiger partial charge is 0.262 e. The summed E-state index contributed by atoms with van der Waals surface area (Å²) in [5.41, 5.74) is 6.63. The van der Waals surface area contributed by atoms with E-state index >= 15 is 0 Å². The minimum Gasteiger partial charge on any atom is -0.357 e. The van der Waals surface area contributed by atoms with Crippen molar-refractivity contribution in [2.24, 2.45) is 5.73 Å². The minimum absolute atomic E-state index is 0.179. The second kappa shape index (κ2) is 7.53. The van der Waals surface area contributed by atoms with E-state index in [-0.39, 0.29) is 11.6 Å². The van der Waals surface area contributed by atoms with E-state index in [4.69, 9.17) is 22.3 Å². The minimum atomic E-state index is -0.316. The quantitative estimate of drug-likeness (QED) is 0.510. The van der Waals surface area contributed by atoms with Gasteiger partial charge < -0.3 is 11.1 Å². The van der Waals surface area contributed by atoms with Crippen LogP contribution in [0.2, 0.25) is 5.02 Å². The van der Waals surface area contributed by atoms with Gasteiger partial charge in [0.05, 0.1) is 22.0 Å². The lowest BCUT2D eigenvalue weighted by Crippen LogP contribution is -2.29. The van der Waals surface area contributed by atoms with Crippen molar-refractivity contribution in [1.29, 1.82) is 0 Å². The number of hydrogen-bond acceptors (Lipinski definition) is 7. The van der Waals surface area contributed by atoms with Crippen LogP contribution in [-0.4, -0.2) is 35.7 Å². The summed E-state index contributed by atoms with van der Waals surface area (Å²) in [4.78, 5) is 26.4. The van der Waals surface area contributed by atoms with Crippen LogP contribution < -0.4 is 16.6 Å². The highest BCUT2D eigenvalue weighted by atomic mass is 35.5. The average Bonchev–Trinajstić information content (AvgIpc) is 3.17. The third-order valence-electron chi connectivity index (χ3n) is 4.48. The highest BCUT2D eigenvalue weighted by molar-refractivity contribution is 6.35. The van der Waals surface area contributed by atoms with Crippen LogP contribution in [0.5, 0.6) is 0 Å². The molecule has 3 N–H and O–H groups in total. The topological polar surface area (TPSA) is 116 Å². The fourth-order valence-corrected chi connectivity index (χ4v) is 3.41. The molecule has 3 heterocycles. The first-order chi connectivity index (χ1) is 13.6. The summed E-state index contributed by atoms with van der Waals surface area (Å²) < 4.78 is 3.25. The summed E-state index contributed by atoms with van der Waals surface area (Å²) in [6.45, 7) is 2.83. The molecule has 1 aromatic carbocycles. The Kier molecular flexibility index (Phi) is 4.93. The molecule has 0 spiro atoms. The molecule has 0 aliphatic carbocycles. The summed E-state index contributed by atoms with van der Waals surface area (Å²) >= 11 is 6.26. The van der Waals surface area contributed by atoms with E-state index in [2.05, 4.69) is 20.4 Å². The zero-order valence-electron chi connectivity index (χ0n) is 15.2. The molecule has 0 bridgehead atoms. The number of nitrogens with zero attached hydrogens (tertiary/aromatic N) is 6. The molecule has 1 atom stereocenters. The van der Waals surface area contributed by atoms with Crippen LogP contribution >= 0.6 is 11.6 Å². The Morgan fingerprint density at radius 1 is 1.32 bits per heavy atom. The molecule has 0 radical (unpaired) electrons. The summed E-state index contributed by atoms with van der Waals surface area (Å²) in [5, 5.41) is 8.20. The average molecular weight is 399 g/mol. The number of nitrogens with one attached hydrogen (secondary N) is 1. The van der Waals surface area contributed by atoms with Gasteiger partial charge in [-0.2, -0.15) is 5.10 Å². The second-order valence-electron chi connectivity index (χ2n) is 6.37. The van der Waals surface area contributed by atoms with Crippen LogP contribution in [0.25, 0.3) is 16.6 Å². The Morgan fingerprint density at radius 2 is 2.18 bits per heavy atom. The normalized spacial score (nSPS) is 12.5. The molecule has 0 saturated heterocycles. The Labute approximate surface area is 165 Å². The Hall–Kier alpha value is -3.04. The fourth-order valence-electron chi connectivity index (χ4n) is 3.16. The lowest BCUT2D eigenvalue weighted by atomic mass is 10.2. The van der Waals surface area contributed by atoms with E-state index in [9.17, 15) is 4.79 Å². The van der Waals surface area contributed by atoms with Gasteiger partial charge in [0.25, 0.3) is 5.56 Å².